The molecule has 29 heavy (non-hydrogen) atoms. The van der Waals surface area contributed by atoms with Crippen molar-refractivity contribution in [2.45, 2.75) is 117 Å². The predicted molar refractivity (Wildman–Crippen MR) is 119 cm³/mol. The van der Waals surface area contributed by atoms with Crippen LogP contribution in [0, 0.1) is 52.3 Å². The first kappa shape index (κ1) is 20.8. The fourth-order valence-electron chi connectivity index (χ4n) is 9.75. The molecule has 0 radical (unpaired) electrons. The van der Waals surface area contributed by atoms with E-state index in [1.54, 1.807) is 0 Å². The molecular weight excluding hydrogens is 356 g/mol. The molecule has 5 fully saturated rings. The zero-order chi connectivity index (χ0) is 20.6. The average molecular weight is 403 g/mol. The standard InChI is InChI=1S/C27H46O2/c1-16(2)6-9-23-17(3)25-24(29-23)15-22-20-8-7-18-14-19(28)10-12-26(18,4)21(20)11-13-27(22,25)5/h16-25,28H,6-15H2,1-5H3/t17-,18?,19+,20-,21+,22+,23?,24?,25+,26+,27+/m1/s1. The molecule has 0 aromatic heterocycles. The van der Waals surface area contributed by atoms with Crippen LogP contribution in [0.3, 0.4) is 0 Å². The molecule has 2 nitrogen and oxygen atoms in total. The minimum atomic E-state index is -0.0265. The van der Waals surface area contributed by atoms with Gasteiger partial charge in [-0.25, -0.2) is 0 Å². The second-order valence-corrected chi connectivity index (χ2v) is 12.9. The molecule has 0 amide bonds. The van der Waals surface area contributed by atoms with E-state index in [1.807, 2.05) is 0 Å². The molecule has 1 saturated heterocycles. The van der Waals surface area contributed by atoms with Gasteiger partial charge in [0.1, 0.15) is 0 Å². The molecule has 1 heterocycles. The molecular formula is C27H46O2. The second-order valence-electron chi connectivity index (χ2n) is 12.9. The first-order chi connectivity index (χ1) is 13.7. The van der Waals surface area contributed by atoms with E-state index in [0.717, 1.165) is 54.3 Å². The van der Waals surface area contributed by atoms with Crippen molar-refractivity contribution in [1.29, 1.82) is 0 Å². The Hall–Kier alpha value is -0.0800. The van der Waals surface area contributed by atoms with Gasteiger partial charge in [0, 0.05) is 0 Å². The van der Waals surface area contributed by atoms with Crippen LogP contribution in [0.15, 0.2) is 0 Å². The van der Waals surface area contributed by atoms with Gasteiger partial charge in [-0.15, -0.1) is 0 Å². The first-order valence-corrected chi connectivity index (χ1v) is 13.1. The number of aliphatic hydroxyl groups excluding tert-OH is 1. The minimum Gasteiger partial charge on any atom is -0.393 e. The molecule has 0 spiro atoms. The van der Waals surface area contributed by atoms with E-state index in [2.05, 4.69) is 34.6 Å². The molecule has 3 unspecified atom stereocenters. The number of rotatable bonds is 3. The van der Waals surface area contributed by atoms with Gasteiger partial charge < -0.3 is 9.84 Å². The predicted octanol–water partition coefficient (Wildman–Crippen LogP) is 6.46. The Balaban J connectivity index is 1.35. The summed E-state index contributed by atoms with van der Waals surface area (Å²) in [7, 11) is 0. The van der Waals surface area contributed by atoms with Gasteiger partial charge in [-0.3, -0.25) is 0 Å². The van der Waals surface area contributed by atoms with Crippen LogP contribution in [0.2, 0.25) is 0 Å². The highest BCUT2D eigenvalue weighted by atomic mass is 16.5. The van der Waals surface area contributed by atoms with Gasteiger partial charge in [-0.2, -0.15) is 0 Å². The fourth-order valence-corrected chi connectivity index (χ4v) is 9.75. The van der Waals surface area contributed by atoms with E-state index < -0.39 is 0 Å². The summed E-state index contributed by atoms with van der Waals surface area (Å²) in [6.07, 6.45) is 14.0. The SMILES string of the molecule is CC(C)CCC1OC2C[C@H]3[C@@H]4CCC5C[C@@H](O)CC[C@]5(C)[C@H]4CC[C@]3(C)[C@H]2[C@@H]1C. The van der Waals surface area contributed by atoms with Crippen LogP contribution in [0.4, 0.5) is 0 Å². The highest BCUT2D eigenvalue weighted by Crippen LogP contribution is 2.70. The van der Waals surface area contributed by atoms with Crippen LogP contribution < -0.4 is 0 Å². The van der Waals surface area contributed by atoms with Gasteiger partial charge in [0.05, 0.1) is 18.3 Å². The Morgan fingerprint density at radius 2 is 1.72 bits per heavy atom. The normalized spacial score (nSPS) is 56.6. The van der Waals surface area contributed by atoms with E-state index in [4.69, 9.17) is 4.74 Å². The minimum absolute atomic E-state index is 0.0265. The van der Waals surface area contributed by atoms with Gasteiger partial charge >= 0.3 is 0 Å². The van der Waals surface area contributed by atoms with Crippen LogP contribution in [-0.4, -0.2) is 23.4 Å². The maximum Gasteiger partial charge on any atom is 0.0618 e. The Morgan fingerprint density at radius 3 is 2.48 bits per heavy atom. The van der Waals surface area contributed by atoms with E-state index in [-0.39, 0.29) is 6.10 Å². The number of hydrogen-bond acceptors (Lipinski definition) is 2. The topological polar surface area (TPSA) is 29.5 Å². The molecule has 0 bridgehead atoms. The molecule has 4 saturated carbocycles. The summed E-state index contributed by atoms with van der Waals surface area (Å²) in [4.78, 5) is 0. The summed E-state index contributed by atoms with van der Waals surface area (Å²) >= 11 is 0. The Bertz CT molecular complexity index is 616. The lowest BCUT2D eigenvalue weighted by molar-refractivity contribution is -0.130. The monoisotopic (exact) mass is 402 g/mol. The van der Waals surface area contributed by atoms with Crippen molar-refractivity contribution in [2.75, 3.05) is 0 Å². The summed E-state index contributed by atoms with van der Waals surface area (Å²) < 4.78 is 6.80. The highest BCUT2D eigenvalue weighted by molar-refractivity contribution is 5.14. The largest absolute Gasteiger partial charge is 0.393 e. The van der Waals surface area contributed by atoms with E-state index in [1.165, 1.54) is 51.4 Å². The molecule has 2 heteroatoms. The quantitative estimate of drug-likeness (QED) is 0.587. The highest BCUT2D eigenvalue weighted by Gasteiger charge is 2.65. The summed E-state index contributed by atoms with van der Waals surface area (Å²) in [5.41, 5.74) is 1.00. The number of fused-ring (bicyclic) bond motifs is 7. The van der Waals surface area contributed by atoms with Crippen molar-refractivity contribution in [1.82, 2.24) is 0 Å². The van der Waals surface area contributed by atoms with E-state index in [0.29, 0.717) is 23.0 Å². The Labute approximate surface area is 179 Å². The molecule has 0 aromatic rings. The van der Waals surface area contributed by atoms with Crippen molar-refractivity contribution in [3.8, 4) is 0 Å². The third kappa shape index (κ3) is 3.09. The first-order valence-electron chi connectivity index (χ1n) is 13.1. The summed E-state index contributed by atoms with van der Waals surface area (Å²) in [6.45, 7) is 12.5. The third-order valence-corrected chi connectivity index (χ3v) is 11.3. The molecule has 1 N–H and O–H groups in total. The molecule has 166 valence electrons. The van der Waals surface area contributed by atoms with Crippen molar-refractivity contribution in [3.05, 3.63) is 0 Å². The van der Waals surface area contributed by atoms with Crippen LogP contribution in [0.25, 0.3) is 0 Å². The summed E-state index contributed by atoms with van der Waals surface area (Å²) in [5, 5.41) is 10.3. The lowest BCUT2D eigenvalue weighted by atomic mass is 9.44. The lowest BCUT2D eigenvalue weighted by Gasteiger charge is -2.61. The number of aliphatic hydroxyl groups is 1. The summed E-state index contributed by atoms with van der Waals surface area (Å²) in [6, 6.07) is 0. The smallest absolute Gasteiger partial charge is 0.0618 e. The fraction of sp³-hybridized carbons (Fsp3) is 1.00. The van der Waals surface area contributed by atoms with Gasteiger partial charge in [0.25, 0.3) is 0 Å². The van der Waals surface area contributed by atoms with Crippen LogP contribution >= 0.6 is 0 Å². The Kier molecular flexibility index (Phi) is 5.18. The third-order valence-electron chi connectivity index (χ3n) is 11.3. The van der Waals surface area contributed by atoms with Crippen molar-refractivity contribution < 1.29 is 9.84 Å². The van der Waals surface area contributed by atoms with E-state index in [9.17, 15) is 5.11 Å². The molecule has 4 aliphatic carbocycles. The second kappa shape index (κ2) is 7.22. The van der Waals surface area contributed by atoms with Gasteiger partial charge in [-0.1, -0.05) is 34.6 Å². The van der Waals surface area contributed by atoms with Crippen molar-refractivity contribution in [3.63, 3.8) is 0 Å². The van der Waals surface area contributed by atoms with Gasteiger partial charge in [-0.05, 0) is 116 Å². The molecule has 5 aliphatic rings. The zero-order valence-corrected chi connectivity index (χ0v) is 19.7. The molecule has 5 rings (SSSR count). The molecule has 11 atom stereocenters. The number of ether oxygens (including phenoxy) is 1. The van der Waals surface area contributed by atoms with Gasteiger partial charge in [0.2, 0.25) is 0 Å². The summed E-state index contributed by atoms with van der Waals surface area (Å²) in [5.74, 6) is 5.79. The van der Waals surface area contributed by atoms with Gasteiger partial charge in [0.15, 0.2) is 0 Å². The van der Waals surface area contributed by atoms with Crippen LogP contribution in [-0.2, 0) is 4.74 Å². The number of hydrogen-bond donors (Lipinski definition) is 1. The zero-order valence-electron chi connectivity index (χ0n) is 19.7. The van der Waals surface area contributed by atoms with Crippen LogP contribution in [0.1, 0.15) is 98.8 Å². The maximum atomic E-state index is 10.3. The maximum absolute atomic E-state index is 10.3. The van der Waals surface area contributed by atoms with Crippen molar-refractivity contribution >= 4 is 0 Å². The molecule has 0 aromatic carbocycles. The lowest BCUT2D eigenvalue weighted by Crippen LogP contribution is -2.54. The average Bonchev–Trinajstić information content (AvgIpc) is 3.14. The van der Waals surface area contributed by atoms with Crippen LogP contribution in [0.5, 0.6) is 0 Å². The Morgan fingerprint density at radius 1 is 0.966 bits per heavy atom. The van der Waals surface area contributed by atoms with E-state index >= 15 is 0 Å². The van der Waals surface area contributed by atoms with Crippen molar-refractivity contribution in [2.24, 2.45) is 52.3 Å². The molecule has 1 aliphatic heterocycles.